The number of amides is 1. The molecule has 0 aromatic heterocycles. The maximum atomic E-state index is 13.2. The van der Waals surface area contributed by atoms with Gasteiger partial charge < -0.3 is 10.0 Å². The van der Waals surface area contributed by atoms with E-state index < -0.39 is 17.5 Å². The molecular formula is C10H11F2NO2. The van der Waals surface area contributed by atoms with E-state index in [0.717, 1.165) is 17.0 Å². The van der Waals surface area contributed by atoms with E-state index in [1.54, 1.807) is 0 Å². The van der Waals surface area contributed by atoms with Gasteiger partial charge in [0.2, 0.25) is 0 Å². The number of aliphatic hydroxyl groups excluding tert-OH is 1. The van der Waals surface area contributed by atoms with Gasteiger partial charge in [0.05, 0.1) is 12.2 Å². The number of hydrogen-bond acceptors (Lipinski definition) is 2. The molecule has 1 amide bonds. The van der Waals surface area contributed by atoms with Gasteiger partial charge in [0.1, 0.15) is 11.6 Å². The van der Waals surface area contributed by atoms with Crippen LogP contribution >= 0.6 is 0 Å². The van der Waals surface area contributed by atoms with Gasteiger partial charge in [-0.2, -0.15) is 0 Å². The molecule has 1 N–H and O–H groups in total. The zero-order valence-corrected chi connectivity index (χ0v) is 8.20. The normalized spacial score (nSPS) is 10.1. The maximum absolute atomic E-state index is 13.2. The van der Waals surface area contributed by atoms with E-state index in [-0.39, 0.29) is 18.7 Å². The molecule has 0 spiro atoms. The summed E-state index contributed by atoms with van der Waals surface area (Å²) in [5.41, 5.74) is -0.202. The Labute approximate surface area is 85.9 Å². The Bertz CT molecular complexity index is 368. The number of nitrogens with zero attached hydrogens (tertiary/aromatic N) is 1. The monoisotopic (exact) mass is 215 g/mol. The number of likely N-dealkylation sites (N-methyl/N-ethyl adjacent to an activating group) is 1. The zero-order chi connectivity index (χ0) is 11.4. The number of benzene rings is 1. The maximum Gasteiger partial charge on any atom is 0.256 e. The molecule has 3 nitrogen and oxygen atoms in total. The molecule has 0 aliphatic carbocycles. The average molecular weight is 215 g/mol. The van der Waals surface area contributed by atoms with E-state index in [4.69, 9.17) is 5.11 Å². The van der Waals surface area contributed by atoms with Crippen molar-refractivity contribution in [3.63, 3.8) is 0 Å². The summed E-state index contributed by atoms with van der Waals surface area (Å²) in [5, 5.41) is 8.60. The Kier molecular flexibility index (Phi) is 3.74. The number of carbonyl (C=O) groups is 1. The summed E-state index contributed by atoms with van der Waals surface area (Å²) >= 11 is 0. The van der Waals surface area contributed by atoms with Gasteiger partial charge in [-0.15, -0.1) is 0 Å². The number of aliphatic hydroxyl groups is 1. The van der Waals surface area contributed by atoms with Crippen LogP contribution < -0.4 is 0 Å². The molecule has 0 radical (unpaired) electrons. The van der Waals surface area contributed by atoms with Crippen molar-refractivity contribution >= 4 is 5.91 Å². The molecule has 0 unspecified atom stereocenters. The molecule has 0 aliphatic heterocycles. The second-order valence-electron chi connectivity index (χ2n) is 3.07. The van der Waals surface area contributed by atoms with Gasteiger partial charge in [-0.25, -0.2) is 8.78 Å². The van der Waals surface area contributed by atoms with E-state index in [9.17, 15) is 13.6 Å². The predicted octanol–water partition coefficient (Wildman–Crippen LogP) is 1.03. The van der Waals surface area contributed by atoms with E-state index >= 15 is 0 Å². The summed E-state index contributed by atoms with van der Waals surface area (Å²) in [7, 11) is 1.43. The van der Waals surface area contributed by atoms with Crippen molar-refractivity contribution in [1.82, 2.24) is 4.90 Å². The Morgan fingerprint density at radius 3 is 2.67 bits per heavy atom. The van der Waals surface area contributed by atoms with Crippen LogP contribution in [0.4, 0.5) is 8.78 Å². The molecule has 0 fully saturated rings. The largest absolute Gasteiger partial charge is 0.395 e. The minimum Gasteiger partial charge on any atom is -0.395 e. The highest BCUT2D eigenvalue weighted by Gasteiger charge is 2.15. The van der Waals surface area contributed by atoms with Crippen LogP contribution in [0.25, 0.3) is 0 Å². The molecule has 0 saturated heterocycles. The Morgan fingerprint density at radius 2 is 2.13 bits per heavy atom. The van der Waals surface area contributed by atoms with Crippen LogP contribution in [0.1, 0.15) is 10.4 Å². The topological polar surface area (TPSA) is 40.5 Å². The standard InChI is InChI=1S/C10H11F2NO2/c1-13(4-5-14)10(15)8-3-2-7(11)6-9(8)12/h2-3,6,14H,4-5H2,1H3. The van der Waals surface area contributed by atoms with Crippen LogP contribution in [0.5, 0.6) is 0 Å². The molecule has 5 heteroatoms. The van der Waals surface area contributed by atoms with E-state index in [2.05, 4.69) is 0 Å². The van der Waals surface area contributed by atoms with E-state index in [1.165, 1.54) is 7.05 Å². The minimum atomic E-state index is -0.898. The molecular weight excluding hydrogens is 204 g/mol. The fourth-order valence-electron chi connectivity index (χ4n) is 1.12. The van der Waals surface area contributed by atoms with Gasteiger partial charge in [0, 0.05) is 19.7 Å². The highest BCUT2D eigenvalue weighted by Crippen LogP contribution is 2.11. The fourth-order valence-corrected chi connectivity index (χ4v) is 1.12. The molecule has 15 heavy (non-hydrogen) atoms. The van der Waals surface area contributed by atoms with Gasteiger partial charge in [0.25, 0.3) is 5.91 Å². The van der Waals surface area contributed by atoms with Gasteiger partial charge in [0.15, 0.2) is 0 Å². The number of carbonyl (C=O) groups excluding carboxylic acids is 1. The molecule has 82 valence electrons. The number of rotatable bonds is 3. The smallest absolute Gasteiger partial charge is 0.256 e. The van der Waals surface area contributed by atoms with Gasteiger partial charge >= 0.3 is 0 Å². The van der Waals surface area contributed by atoms with Crippen LogP contribution in [0.15, 0.2) is 18.2 Å². The Hall–Kier alpha value is -1.49. The summed E-state index contributed by atoms with van der Waals surface area (Å²) in [4.78, 5) is 12.7. The Balaban J connectivity index is 2.91. The van der Waals surface area contributed by atoms with Crippen LogP contribution in [0.2, 0.25) is 0 Å². The first-order valence-corrected chi connectivity index (χ1v) is 4.37. The molecule has 0 aliphatic rings. The number of halogens is 2. The average Bonchev–Trinajstić information content (AvgIpc) is 2.17. The summed E-state index contributed by atoms with van der Waals surface area (Å²) in [6.07, 6.45) is 0. The van der Waals surface area contributed by atoms with Crippen molar-refractivity contribution in [2.45, 2.75) is 0 Å². The SMILES string of the molecule is CN(CCO)C(=O)c1ccc(F)cc1F. The number of hydrogen-bond donors (Lipinski definition) is 1. The second kappa shape index (κ2) is 4.84. The third kappa shape index (κ3) is 2.73. The van der Waals surface area contributed by atoms with Crippen LogP contribution in [-0.2, 0) is 0 Å². The van der Waals surface area contributed by atoms with Crippen molar-refractivity contribution in [3.8, 4) is 0 Å². The molecule has 1 rings (SSSR count). The van der Waals surface area contributed by atoms with Crippen molar-refractivity contribution in [3.05, 3.63) is 35.4 Å². The van der Waals surface area contributed by atoms with E-state index in [1.807, 2.05) is 0 Å². The lowest BCUT2D eigenvalue weighted by molar-refractivity contribution is 0.0762. The van der Waals surface area contributed by atoms with Crippen molar-refractivity contribution in [2.75, 3.05) is 20.2 Å². The first-order valence-electron chi connectivity index (χ1n) is 4.37. The van der Waals surface area contributed by atoms with Gasteiger partial charge in [-0.05, 0) is 12.1 Å². The first kappa shape index (κ1) is 11.6. The Morgan fingerprint density at radius 1 is 1.47 bits per heavy atom. The molecule has 0 bridgehead atoms. The highest BCUT2D eigenvalue weighted by molar-refractivity contribution is 5.94. The minimum absolute atomic E-state index is 0.107. The molecule has 1 aromatic carbocycles. The third-order valence-corrected chi connectivity index (χ3v) is 1.94. The molecule has 0 atom stereocenters. The van der Waals surface area contributed by atoms with Crippen LogP contribution in [-0.4, -0.2) is 36.1 Å². The lowest BCUT2D eigenvalue weighted by Gasteiger charge is -2.15. The predicted molar refractivity (Wildman–Crippen MR) is 50.4 cm³/mol. The fraction of sp³-hybridized carbons (Fsp3) is 0.300. The van der Waals surface area contributed by atoms with Crippen LogP contribution in [0.3, 0.4) is 0 Å². The van der Waals surface area contributed by atoms with Crippen molar-refractivity contribution in [1.29, 1.82) is 0 Å². The van der Waals surface area contributed by atoms with E-state index in [0.29, 0.717) is 6.07 Å². The van der Waals surface area contributed by atoms with Gasteiger partial charge in [-0.3, -0.25) is 4.79 Å². The summed E-state index contributed by atoms with van der Waals surface area (Å²) < 4.78 is 25.7. The highest BCUT2D eigenvalue weighted by atomic mass is 19.1. The summed E-state index contributed by atoms with van der Waals surface area (Å²) in [5.74, 6) is -2.21. The van der Waals surface area contributed by atoms with Gasteiger partial charge in [-0.1, -0.05) is 0 Å². The van der Waals surface area contributed by atoms with Crippen molar-refractivity contribution in [2.24, 2.45) is 0 Å². The molecule has 0 saturated carbocycles. The lowest BCUT2D eigenvalue weighted by atomic mass is 10.2. The second-order valence-corrected chi connectivity index (χ2v) is 3.07. The van der Waals surface area contributed by atoms with Crippen molar-refractivity contribution < 1.29 is 18.7 Å². The summed E-state index contributed by atoms with van der Waals surface area (Å²) in [6, 6.07) is 2.75. The zero-order valence-electron chi connectivity index (χ0n) is 8.20. The molecule has 1 aromatic rings. The quantitative estimate of drug-likeness (QED) is 0.818. The molecule has 0 heterocycles. The lowest BCUT2D eigenvalue weighted by Crippen LogP contribution is -2.30. The van der Waals surface area contributed by atoms with Crippen LogP contribution in [0, 0.1) is 11.6 Å². The third-order valence-electron chi connectivity index (χ3n) is 1.94. The first-order chi connectivity index (χ1) is 7.06. The summed E-state index contributed by atoms with van der Waals surface area (Å²) in [6.45, 7) is -0.0965.